The Bertz CT molecular complexity index is 367. The van der Waals surface area contributed by atoms with Crippen molar-refractivity contribution >= 4 is 29.5 Å². The van der Waals surface area contributed by atoms with E-state index in [1.807, 2.05) is 0 Å². The van der Waals surface area contributed by atoms with Crippen LogP contribution in [0.5, 0.6) is 0 Å². The fraction of sp³-hybridized carbons (Fsp3) is 0.769. The molecular weight excluding hydrogens is 320 g/mol. The highest BCUT2D eigenvalue weighted by Crippen LogP contribution is 2.03. The van der Waals surface area contributed by atoms with Crippen molar-refractivity contribution in [3.63, 3.8) is 0 Å². The average molecular weight is 343 g/mol. The van der Waals surface area contributed by atoms with Gasteiger partial charge in [0.25, 0.3) is 0 Å². The zero-order valence-electron chi connectivity index (χ0n) is 13.3. The van der Waals surface area contributed by atoms with E-state index in [0.29, 0.717) is 0 Å². The highest BCUT2D eigenvalue weighted by atomic mass is 35.5. The van der Waals surface area contributed by atoms with E-state index in [1.165, 1.54) is 34.8 Å². The number of aliphatic hydroxyl groups is 2. The van der Waals surface area contributed by atoms with Crippen molar-refractivity contribution in [3.05, 3.63) is 0 Å². The Morgan fingerprint density at radius 2 is 1.36 bits per heavy atom. The van der Waals surface area contributed by atoms with E-state index < -0.39 is 35.7 Å². The van der Waals surface area contributed by atoms with Crippen molar-refractivity contribution in [1.82, 2.24) is 0 Å². The monoisotopic (exact) mass is 342 g/mol. The molecule has 8 nitrogen and oxygen atoms in total. The molecule has 0 unspecified atom stereocenters. The zero-order valence-corrected chi connectivity index (χ0v) is 14.1. The minimum Gasteiger partial charge on any atom is -0.466 e. The second-order valence-electron chi connectivity index (χ2n) is 5.10. The van der Waals surface area contributed by atoms with Crippen LogP contribution in [0.2, 0.25) is 0 Å². The molecule has 9 heteroatoms. The number of hydrogen-bond donors (Lipinski definition) is 2. The zero-order chi connectivity index (χ0) is 18.0. The highest BCUT2D eigenvalue weighted by molar-refractivity contribution is 6.18. The lowest BCUT2D eigenvalue weighted by Gasteiger charge is -2.14. The molecule has 0 aliphatic heterocycles. The van der Waals surface area contributed by atoms with Crippen LogP contribution in [0.15, 0.2) is 0 Å². The lowest BCUT2D eigenvalue weighted by molar-refractivity contribution is -0.168. The molecule has 0 fully saturated rings. The molecule has 0 heterocycles. The van der Waals surface area contributed by atoms with Crippen molar-refractivity contribution in [2.75, 3.05) is 26.2 Å². The normalized spacial score (nSPS) is 10.9. The Morgan fingerprint density at radius 3 is 1.68 bits per heavy atom. The van der Waals surface area contributed by atoms with E-state index >= 15 is 0 Å². The number of alkyl halides is 1. The first kappa shape index (κ1) is 22.9. The first-order valence-electron chi connectivity index (χ1n) is 6.28. The molecule has 22 heavy (non-hydrogen) atoms. The van der Waals surface area contributed by atoms with E-state index in [1.54, 1.807) is 0 Å². The van der Waals surface area contributed by atoms with Crippen LogP contribution in [0.25, 0.3) is 0 Å². The summed E-state index contributed by atoms with van der Waals surface area (Å²) < 4.78 is 13.1. The van der Waals surface area contributed by atoms with Gasteiger partial charge in [-0.15, -0.1) is 11.6 Å². The first-order valence-corrected chi connectivity index (χ1v) is 6.81. The first-order chi connectivity index (χ1) is 9.86. The third-order valence-corrected chi connectivity index (χ3v) is 2.01. The van der Waals surface area contributed by atoms with Crippen molar-refractivity contribution in [2.45, 2.75) is 38.9 Å². The molecule has 0 bridgehead atoms. The van der Waals surface area contributed by atoms with Gasteiger partial charge in [0.15, 0.2) is 17.8 Å². The molecule has 130 valence electrons. The molecule has 0 radical (unpaired) electrons. The van der Waals surface area contributed by atoms with Crippen LogP contribution >= 0.6 is 11.6 Å². The summed E-state index contributed by atoms with van der Waals surface area (Å²) in [4.78, 5) is 32.0. The molecule has 0 atom stereocenters. The quantitative estimate of drug-likeness (QED) is 0.393. The molecule has 0 aromatic carbocycles. The number of carbonyl (C=O) groups is 3. The van der Waals surface area contributed by atoms with Gasteiger partial charge >= 0.3 is 17.9 Å². The predicted octanol–water partition coefficient (Wildman–Crippen LogP) is 0.0128. The Balaban J connectivity index is 0. The van der Waals surface area contributed by atoms with Gasteiger partial charge in [0, 0.05) is 0 Å². The van der Waals surface area contributed by atoms with Gasteiger partial charge in [0.05, 0.1) is 13.0 Å². The maximum atomic E-state index is 10.8. The number of carbonyl (C=O) groups excluding carboxylic acids is 3. The Hall–Kier alpha value is -1.38. The summed E-state index contributed by atoms with van der Waals surface area (Å²) in [5.74, 6) is -1.91. The molecule has 0 amide bonds. The van der Waals surface area contributed by atoms with E-state index in [0.717, 1.165) is 0 Å². The summed E-state index contributed by atoms with van der Waals surface area (Å²) in [7, 11) is 1.18. The van der Waals surface area contributed by atoms with Crippen LogP contribution in [-0.4, -0.2) is 65.5 Å². The largest absolute Gasteiger partial charge is 0.466 e. The second-order valence-corrected chi connectivity index (χ2v) is 5.47. The molecule has 0 saturated heterocycles. The number of methoxy groups -OCH3 is 1. The van der Waals surface area contributed by atoms with Crippen LogP contribution in [-0.2, 0) is 28.6 Å². The topological polar surface area (TPSA) is 119 Å². The molecule has 0 saturated carbocycles. The van der Waals surface area contributed by atoms with Crippen LogP contribution in [0.3, 0.4) is 0 Å². The molecule has 0 aliphatic carbocycles. The van der Waals surface area contributed by atoms with Crippen molar-refractivity contribution < 1.29 is 38.8 Å². The maximum Gasteiger partial charge on any atom is 0.344 e. The SMILES string of the molecule is CC(C)(O)C(=O)OCCCl.COC(=O)COC(=O)C(C)(C)O. The third kappa shape index (κ3) is 12.4. The van der Waals surface area contributed by atoms with E-state index in [9.17, 15) is 14.4 Å². The molecule has 0 aromatic heterocycles. The third-order valence-electron chi connectivity index (χ3n) is 1.86. The smallest absolute Gasteiger partial charge is 0.344 e. The lowest BCUT2D eigenvalue weighted by Crippen LogP contribution is -2.34. The van der Waals surface area contributed by atoms with Crippen molar-refractivity contribution in [2.24, 2.45) is 0 Å². The summed E-state index contributed by atoms with van der Waals surface area (Å²) in [6.45, 7) is 4.94. The predicted molar refractivity (Wildman–Crippen MR) is 77.2 cm³/mol. The number of esters is 3. The molecule has 0 aromatic rings. The van der Waals surface area contributed by atoms with Gasteiger partial charge < -0.3 is 24.4 Å². The molecule has 2 N–H and O–H groups in total. The van der Waals surface area contributed by atoms with Gasteiger partial charge in [-0.05, 0) is 27.7 Å². The van der Waals surface area contributed by atoms with Gasteiger partial charge in [0.2, 0.25) is 0 Å². The van der Waals surface area contributed by atoms with Crippen LogP contribution in [0.4, 0.5) is 0 Å². The highest BCUT2D eigenvalue weighted by Gasteiger charge is 2.26. The van der Waals surface area contributed by atoms with Gasteiger partial charge in [-0.1, -0.05) is 0 Å². The number of halogens is 1. The summed E-state index contributed by atoms with van der Waals surface area (Å²) in [6, 6.07) is 0. The summed E-state index contributed by atoms with van der Waals surface area (Å²) in [5.41, 5.74) is -2.99. The van der Waals surface area contributed by atoms with Gasteiger partial charge in [-0.3, -0.25) is 0 Å². The van der Waals surface area contributed by atoms with Crippen LogP contribution < -0.4 is 0 Å². The summed E-state index contributed by atoms with van der Waals surface area (Å²) in [6.07, 6.45) is 0. The minimum atomic E-state index is -1.58. The van der Waals surface area contributed by atoms with Crippen LogP contribution in [0.1, 0.15) is 27.7 Å². The van der Waals surface area contributed by atoms with Crippen molar-refractivity contribution in [3.8, 4) is 0 Å². The number of rotatable bonds is 6. The molecular formula is C13H23ClO8. The van der Waals surface area contributed by atoms with Gasteiger partial charge in [-0.2, -0.15) is 0 Å². The lowest BCUT2D eigenvalue weighted by atomic mass is 10.1. The van der Waals surface area contributed by atoms with Gasteiger partial charge in [0.1, 0.15) is 6.61 Å². The van der Waals surface area contributed by atoms with Crippen LogP contribution in [0, 0.1) is 0 Å². The fourth-order valence-electron chi connectivity index (χ4n) is 0.668. The van der Waals surface area contributed by atoms with E-state index in [4.69, 9.17) is 21.8 Å². The van der Waals surface area contributed by atoms with Crippen molar-refractivity contribution in [1.29, 1.82) is 0 Å². The maximum absolute atomic E-state index is 10.8. The van der Waals surface area contributed by atoms with Gasteiger partial charge in [-0.25, -0.2) is 14.4 Å². The fourth-order valence-corrected chi connectivity index (χ4v) is 0.745. The Kier molecular flexibility index (Phi) is 10.8. The average Bonchev–Trinajstić information content (AvgIpc) is 2.40. The molecule has 0 spiro atoms. The Labute approximate surface area is 134 Å². The number of ether oxygens (including phenoxy) is 3. The van der Waals surface area contributed by atoms with E-state index in [-0.39, 0.29) is 12.5 Å². The molecule has 0 aliphatic rings. The minimum absolute atomic E-state index is 0.143. The van der Waals surface area contributed by atoms with E-state index in [2.05, 4.69) is 14.2 Å². The molecule has 0 rings (SSSR count). The second kappa shape index (κ2) is 10.4. The summed E-state index contributed by atoms with van der Waals surface area (Å²) >= 11 is 5.24. The Morgan fingerprint density at radius 1 is 0.955 bits per heavy atom. The number of hydrogen-bond acceptors (Lipinski definition) is 8. The summed E-state index contributed by atoms with van der Waals surface area (Å²) in [5, 5.41) is 18.0. The standard InChI is InChI=1S/C7H12O5.C6H11ClO3/c1-7(2,10)6(9)12-4-5(8)11-3;1-6(2,9)5(8)10-4-3-7/h10H,4H2,1-3H3;9H,3-4H2,1-2H3.